The van der Waals surface area contributed by atoms with Crippen LogP contribution in [0.15, 0.2) is 36.4 Å². The summed E-state index contributed by atoms with van der Waals surface area (Å²) in [6, 6.07) is 13.3. The van der Waals surface area contributed by atoms with Crippen molar-refractivity contribution in [2.75, 3.05) is 12.8 Å². The van der Waals surface area contributed by atoms with Crippen LogP contribution in [-0.2, 0) is 6.54 Å². The van der Waals surface area contributed by atoms with Crippen LogP contribution in [0.5, 0.6) is 5.88 Å². The molecule has 2 atom stereocenters. The maximum absolute atomic E-state index is 12.9. The fourth-order valence-electron chi connectivity index (χ4n) is 4.72. The summed E-state index contributed by atoms with van der Waals surface area (Å²) in [4.78, 5) is 19.6. The minimum Gasteiger partial charge on any atom is -0.480 e. The van der Waals surface area contributed by atoms with Gasteiger partial charge in [-0.3, -0.25) is 9.69 Å². The quantitative estimate of drug-likeness (QED) is 0.780. The van der Waals surface area contributed by atoms with E-state index in [0.717, 1.165) is 19.4 Å². The molecule has 6 nitrogen and oxygen atoms in total. The number of amides is 1. The van der Waals surface area contributed by atoms with Crippen molar-refractivity contribution in [2.45, 2.75) is 56.8 Å². The van der Waals surface area contributed by atoms with E-state index in [4.69, 9.17) is 22.1 Å². The largest absolute Gasteiger partial charge is 0.480 e. The summed E-state index contributed by atoms with van der Waals surface area (Å²) in [5.74, 6) is 0.144. The molecule has 0 saturated carbocycles. The summed E-state index contributed by atoms with van der Waals surface area (Å²) in [5.41, 5.74) is 7.40. The Morgan fingerprint density at radius 3 is 2.62 bits per heavy atom. The molecule has 2 fully saturated rings. The van der Waals surface area contributed by atoms with Crippen molar-refractivity contribution in [3.8, 4) is 5.88 Å². The van der Waals surface area contributed by atoms with Crippen LogP contribution in [0, 0.1) is 0 Å². The van der Waals surface area contributed by atoms with Crippen molar-refractivity contribution >= 4 is 23.3 Å². The molecule has 1 aromatic heterocycles. The molecule has 3 heterocycles. The van der Waals surface area contributed by atoms with E-state index in [1.54, 1.807) is 0 Å². The Bertz CT molecular complexity index is 863. The van der Waals surface area contributed by atoms with E-state index < -0.39 is 0 Å². The molecule has 2 unspecified atom stereocenters. The highest BCUT2D eigenvalue weighted by Crippen LogP contribution is 2.35. The third kappa shape index (κ3) is 4.33. The number of rotatable bonds is 5. The topological polar surface area (TPSA) is 80.5 Å². The molecular formula is C22H27ClN4O2. The molecular weight excluding hydrogens is 388 g/mol. The van der Waals surface area contributed by atoms with E-state index >= 15 is 0 Å². The molecule has 7 heteroatoms. The molecule has 2 aliphatic heterocycles. The molecule has 4 rings (SSSR count). The number of nitrogens with one attached hydrogen (secondary N) is 1. The normalized spacial score (nSPS) is 24.1. The van der Waals surface area contributed by atoms with Gasteiger partial charge >= 0.3 is 0 Å². The number of fused-ring (bicyclic) bond motifs is 2. The van der Waals surface area contributed by atoms with Crippen LogP contribution < -0.4 is 15.8 Å². The number of benzene rings is 1. The van der Waals surface area contributed by atoms with E-state index in [9.17, 15) is 4.79 Å². The number of carbonyl (C=O) groups is 1. The van der Waals surface area contributed by atoms with Crippen LogP contribution in [0.4, 0.5) is 5.82 Å². The van der Waals surface area contributed by atoms with Crippen molar-refractivity contribution in [1.29, 1.82) is 0 Å². The number of nitrogens with zero attached hydrogens (tertiary/aromatic N) is 2. The summed E-state index contributed by atoms with van der Waals surface area (Å²) >= 11 is 6.07. The fraction of sp³-hybridized carbons (Fsp3) is 0.455. The summed E-state index contributed by atoms with van der Waals surface area (Å²) in [7, 11) is 1.47. The third-order valence-electron chi connectivity index (χ3n) is 6.08. The zero-order valence-electron chi connectivity index (χ0n) is 16.6. The van der Waals surface area contributed by atoms with Gasteiger partial charge in [-0.1, -0.05) is 48.4 Å². The number of nitrogen functional groups attached to an aromatic ring is 1. The van der Waals surface area contributed by atoms with Gasteiger partial charge < -0.3 is 15.8 Å². The molecule has 29 heavy (non-hydrogen) atoms. The number of hydrogen-bond donors (Lipinski definition) is 2. The molecule has 2 bridgehead atoms. The molecule has 0 aliphatic carbocycles. The lowest BCUT2D eigenvalue weighted by atomic mass is 9.81. The first-order chi connectivity index (χ1) is 14.0. The SMILES string of the molecule is COc1nc(N)c(Cl)cc1C(=O)NC1CC2CCCC(C1)N2Cc1ccccc1. The molecule has 154 valence electrons. The molecule has 3 N–H and O–H groups in total. The number of aromatic nitrogens is 1. The molecule has 2 aromatic rings. The van der Waals surface area contributed by atoms with Crippen molar-refractivity contribution in [3.63, 3.8) is 0 Å². The Labute approximate surface area is 176 Å². The van der Waals surface area contributed by atoms with Crippen molar-refractivity contribution in [2.24, 2.45) is 0 Å². The first-order valence-electron chi connectivity index (χ1n) is 10.2. The number of anilines is 1. The van der Waals surface area contributed by atoms with Crippen LogP contribution in [-0.4, -0.2) is 41.0 Å². The molecule has 1 amide bonds. The van der Waals surface area contributed by atoms with Crippen molar-refractivity contribution in [3.05, 3.63) is 52.5 Å². The van der Waals surface area contributed by atoms with E-state index in [2.05, 4.69) is 45.5 Å². The predicted octanol–water partition coefficient (Wildman–Crippen LogP) is 3.64. The van der Waals surface area contributed by atoms with Crippen LogP contribution in [0.25, 0.3) is 0 Å². The number of nitrogens with two attached hydrogens (primary N) is 1. The Morgan fingerprint density at radius 2 is 1.97 bits per heavy atom. The zero-order valence-corrected chi connectivity index (χ0v) is 17.4. The average Bonchev–Trinajstić information content (AvgIpc) is 2.71. The van der Waals surface area contributed by atoms with Gasteiger partial charge in [0.25, 0.3) is 5.91 Å². The summed E-state index contributed by atoms with van der Waals surface area (Å²) in [6.07, 6.45) is 5.51. The highest BCUT2D eigenvalue weighted by atomic mass is 35.5. The van der Waals surface area contributed by atoms with Gasteiger partial charge in [-0.15, -0.1) is 0 Å². The smallest absolute Gasteiger partial charge is 0.257 e. The van der Waals surface area contributed by atoms with Crippen LogP contribution in [0.1, 0.15) is 48.0 Å². The minimum atomic E-state index is -0.212. The van der Waals surface area contributed by atoms with Gasteiger partial charge in [0.05, 0.1) is 12.1 Å². The molecule has 2 aliphatic rings. The first-order valence-corrected chi connectivity index (χ1v) is 10.5. The predicted molar refractivity (Wildman–Crippen MR) is 114 cm³/mol. The van der Waals surface area contributed by atoms with E-state index in [1.165, 1.54) is 38.0 Å². The lowest BCUT2D eigenvalue weighted by Gasteiger charge is -2.49. The second kappa shape index (κ2) is 8.59. The van der Waals surface area contributed by atoms with Crippen molar-refractivity contribution < 1.29 is 9.53 Å². The third-order valence-corrected chi connectivity index (χ3v) is 6.38. The molecule has 0 radical (unpaired) electrons. The van der Waals surface area contributed by atoms with E-state index in [-0.39, 0.29) is 28.7 Å². The monoisotopic (exact) mass is 414 g/mol. The van der Waals surface area contributed by atoms with Gasteiger partial charge in [0.15, 0.2) is 0 Å². The number of piperidine rings is 2. The van der Waals surface area contributed by atoms with Crippen LogP contribution >= 0.6 is 11.6 Å². The average molecular weight is 415 g/mol. The summed E-state index contributed by atoms with van der Waals surface area (Å²) < 4.78 is 5.23. The Kier molecular flexibility index (Phi) is 5.92. The number of carbonyl (C=O) groups excluding carboxylic acids is 1. The fourth-order valence-corrected chi connectivity index (χ4v) is 4.87. The number of methoxy groups -OCH3 is 1. The lowest BCUT2D eigenvalue weighted by Crippen LogP contribution is -2.56. The number of ether oxygens (including phenoxy) is 1. The standard InChI is InChI=1S/C22H27ClN4O2/c1-29-22-18(12-19(23)20(24)26-22)21(28)25-15-10-16-8-5-9-17(11-15)27(16)13-14-6-3-2-4-7-14/h2-4,6-7,12,15-17H,5,8-11,13H2,1H3,(H2,24,26)(H,25,28). The van der Waals surface area contributed by atoms with Gasteiger partial charge in [0, 0.05) is 24.7 Å². The number of halogens is 1. The maximum Gasteiger partial charge on any atom is 0.257 e. The number of pyridine rings is 1. The van der Waals surface area contributed by atoms with Gasteiger partial charge in [-0.25, -0.2) is 0 Å². The highest BCUT2D eigenvalue weighted by molar-refractivity contribution is 6.33. The van der Waals surface area contributed by atoms with E-state index in [1.807, 2.05) is 0 Å². The van der Waals surface area contributed by atoms with Gasteiger partial charge in [0.1, 0.15) is 11.4 Å². The van der Waals surface area contributed by atoms with E-state index in [0.29, 0.717) is 17.6 Å². The van der Waals surface area contributed by atoms with Gasteiger partial charge in [-0.05, 0) is 37.3 Å². The van der Waals surface area contributed by atoms with Gasteiger partial charge in [0.2, 0.25) is 5.88 Å². The second-order valence-corrected chi connectivity index (χ2v) is 8.36. The molecule has 2 saturated heterocycles. The summed E-state index contributed by atoms with van der Waals surface area (Å²) in [5, 5.41) is 3.44. The zero-order chi connectivity index (χ0) is 20.4. The van der Waals surface area contributed by atoms with Crippen LogP contribution in [0.2, 0.25) is 5.02 Å². The Morgan fingerprint density at radius 1 is 1.28 bits per heavy atom. The number of hydrogen-bond acceptors (Lipinski definition) is 5. The molecule has 1 aromatic carbocycles. The van der Waals surface area contributed by atoms with Crippen LogP contribution in [0.3, 0.4) is 0 Å². The highest BCUT2D eigenvalue weighted by Gasteiger charge is 2.38. The molecule has 0 spiro atoms. The Balaban J connectivity index is 1.45. The summed E-state index contributed by atoms with van der Waals surface area (Å²) in [6.45, 7) is 0.974. The Hall–Kier alpha value is -2.31. The van der Waals surface area contributed by atoms with Crippen molar-refractivity contribution in [1.82, 2.24) is 15.2 Å². The first kappa shape index (κ1) is 20.0. The minimum absolute atomic E-state index is 0.130. The second-order valence-electron chi connectivity index (χ2n) is 7.95. The van der Waals surface area contributed by atoms with Gasteiger partial charge in [-0.2, -0.15) is 4.98 Å². The lowest BCUT2D eigenvalue weighted by molar-refractivity contribution is 0.0176. The maximum atomic E-state index is 12.9.